The van der Waals surface area contributed by atoms with E-state index >= 15 is 0 Å². The Morgan fingerprint density at radius 3 is 2.52 bits per heavy atom. The summed E-state index contributed by atoms with van der Waals surface area (Å²) in [6, 6.07) is 6.86. The maximum absolute atomic E-state index is 12.7. The molecule has 3 atom stereocenters. The van der Waals surface area contributed by atoms with Crippen LogP contribution in [-0.2, 0) is 4.79 Å². The van der Waals surface area contributed by atoms with Gasteiger partial charge in [0.05, 0.1) is 6.04 Å². The van der Waals surface area contributed by atoms with Crippen LogP contribution in [0, 0.1) is 19.3 Å². The standard InChI is InChI=1S/C18H26N2O/c1-6-14-17(21)20(15-10-18(15,4)5)16(19-14)13-8-7-11(2)9-12(13)3/h7-9,14-16,19H,6,10H2,1-5H3. The molecule has 3 unspecified atom stereocenters. The van der Waals surface area contributed by atoms with Gasteiger partial charge >= 0.3 is 0 Å². The van der Waals surface area contributed by atoms with Gasteiger partial charge in [0.2, 0.25) is 5.91 Å². The van der Waals surface area contributed by atoms with E-state index in [4.69, 9.17) is 0 Å². The summed E-state index contributed by atoms with van der Waals surface area (Å²) in [4.78, 5) is 14.8. The third-order valence-electron chi connectivity index (χ3n) is 5.12. The summed E-state index contributed by atoms with van der Waals surface area (Å²) in [6.07, 6.45) is 2.00. The first-order valence-corrected chi connectivity index (χ1v) is 8.00. The molecular formula is C18H26N2O. The first-order chi connectivity index (χ1) is 9.85. The summed E-state index contributed by atoms with van der Waals surface area (Å²) < 4.78 is 0. The first-order valence-electron chi connectivity index (χ1n) is 8.00. The fourth-order valence-electron chi connectivity index (χ4n) is 3.56. The zero-order valence-electron chi connectivity index (χ0n) is 13.7. The SMILES string of the molecule is CCC1NC(c2ccc(C)cc2C)N(C2CC2(C)C)C1=O. The molecule has 1 aromatic carbocycles. The van der Waals surface area contributed by atoms with Crippen LogP contribution in [0.25, 0.3) is 0 Å². The molecule has 114 valence electrons. The Hall–Kier alpha value is -1.35. The van der Waals surface area contributed by atoms with Gasteiger partial charge in [-0.15, -0.1) is 0 Å². The number of hydrogen-bond donors (Lipinski definition) is 1. The number of nitrogens with one attached hydrogen (secondary N) is 1. The highest BCUT2D eigenvalue weighted by Gasteiger charge is 2.56. The quantitative estimate of drug-likeness (QED) is 0.924. The van der Waals surface area contributed by atoms with E-state index in [2.05, 4.69) is 63.0 Å². The Labute approximate surface area is 127 Å². The van der Waals surface area contributed by atoms with Crippen LogP contribution in [0.1, 0.15) is 56.5 Å². The zero-order valence-corrected chi connectivity index (χ0v) is 13.7. The number of carbonyl (C=O) groups excluding carboxylic acids is 1. The normalized spacial score (nSPS) is 30.8. The van der Waals surface area contributed by atoms with Gasteiger partial charge < -0.3 is 4.90 Å². The second-order valence-electron chi connectivity index (χ2n) is 7.34. The summed E-state index contributed by atoms with van der Waals surface area (Å²) in [6.45, 7) is 10.8. The van der Waals surface area contributed by atoms with Crippen molar-refractivity contribution < 1.29 is 4.79 Å². The van der Waals surface area contributed by atoms with Crippen molar-refractivity contribution in [1.29, 1.82) is 0 Å². The summed E-state index contributed by atoms with van der Waals surface area (Å²) in [7, 11) is 0. The van der Waals surface area contributed by atoms with Crippen molar-refractivity contribution in [3.05, 3.63) is 34.9 Å². The number of aryl methyl sites for hydroxylation is 2. The number of nitrogens with zero attached hydrogens (tertiary/aromatic N) is 1. The minimum absolute atomic E-state index is 0.0351. The van der Waals surface area contributed by atoms with Crippen molar-refractivity contribution in [3.63, 3.8) is 0 Å². The minimum atomic E-state index is -0.0351. The van der Waals surface area contributed by atoms with Gasteiger partial charge in [0.1, 0.15) is 6.17 Å². The summed E-state index contributed by atoms with van der Waals surface area (Å²) in [5.41, 5.74) is 4.04. The predicted octanol–water partition coefficient (Wildman–Crippen LogP) is 3.31. The fraction of sp³-hybridized carbons (Fsp3) is 0.611. The number of benzene rings is 1. The van der Waals surface area contributed by atoms with E-state index in [1.807, 2.05) is 0 Å². The Morgan fingerprint density at radius 2 is 2.00 bits per heavy atom. The molecule has 1 saturated heterocycles. The maximum atomic E-state index is 12.7. The molecule has 0 aromatic heterocycles. The third kappa shape index (κ3) is 2.38. The van der Waals surface area contributed by atoms with Crippen molar-refractivity contribution in [2.45, 2.75) is 65.7 Å². The molecule has 3 heteroatoms. The molecule has 1 heterocycles. The zero-order chi connectivity index (χ0) is 15.4. The lowest BCUT2D eigenvalue weighted by molar-refractivity contribution is -0.131. The molecule has 1 aliphatic heterocycles. The maximum Gasteiger partial charge on any atom is 0.241 e. The van der Waals surface area contributed by atoms with Crippen LogP contribution in [0.2, 0.25) is 0 Å². The van der Waals surface area contributed by atoms with Crippen molar-refractivity contribution in [2.75, 3.05) is 0 Å². The van der Waals surface area contributed by atoms with Crippen LogP contribution in [-0.4, -0.2) is 22.9 Å². The van der Waals surface area contributed by atoms with Crippen LogP contribution < -0.4 is 5.32 Å². The van der Waals surface area contributed by atoms with Crippen molar-refractivity contribution >= 4 is 5.91 Å². The monoisotopic (exact) mass is 286 g/mol. The van der Waals surface area contributed by atoms with E-state index in [0.29, 0.717) is 6.04 Å². The Balaban J connectivity index is 1.97. The second-order valence-corrected chi connectivity index (χ2v) is 7.34. The topological polar surface area (TPSA) is 32.3 Å². The van der Waals surface area contributed by atoms with E-state index in [1.54, 1.807) is 0 Å². The lowest BCUT2D eigenvalue weighted by Gasteiger charge is -2.27. The van der Waals surface area contributed by atoms with Crippen molar-refractivity contribution in [1.82, 2.24) is 10.2 Å². The molecule has 21 heavy (non-hydrogen) atoms. The Morgan fingerprint density at radius 1 is 1.33 bits per heavy atom. The minimum Gasteiger partial charge on any atom is -0.318 e. The van der Waals surface area contributed by atoms with Gasteiger partial charge in [-0.1, -0.05) is 44.5 Å². The van der Waals surface area contributed by atoms with E-state index in [0.717, 1.165) is 12.8 Å². The molecule has 1 N–H and O–H groups in total. The highest BCUT2D eigenvalue weighted by Crippen LogP contribution is 2.52. The highest BCUT2D eigenvalue weighted by atomic mass is 16.2. The molecule has 1 amide bonds. The van der Waals surface area contributed by atoms with Gasteiger partial charge in [-0.05, 0) is 43.2 Å². The lowest BCUT2D eigenvalue weighted by Crippen LogP contribution is -2.35. The number of rotatable bonds is 3. The lowest BCUT2D eigenvalue weighted by atomic mass is 10.0. The van der Waals surface area contributed by atoms with Crippen LogP contribution in [0.4, 0.5) is 0 Å². The van der Waals surface area contributed by atoms with Crippen LogP contribution in [0.5, 0.6) is 0 Å². The molecule has 3 rings (SSSR count). The van der Waals surface area contributed by atoms with E-state index in [-0.39, 0.29) is 23.5 Å². The number of amides is 1. The Bertz CT molecular complexity index is 579. The molecule has 1 aliphatic carbocycles. The van der Waals surface area contributed by atoms with Crippen molar-refractivity contribution in [3.8, 4) is 0 Å². The Kier molecular flexibility index (Phi) is 3.36. The molecule has 0 radical (unpaired) electrons. The van der Waals surface area contributed by atoms with Crippen LogP contribution >= 0.6 is 0 Å². The largest absolute Gasteiger partial charge is 0.318 e. The average molecular weight is 286 g/mol. The third-order valence-corrected chi connectivity index (χ3v) is 5.12. The fourth-order valence-corrected chi connectivity index (χ4v) is 3.56. The van der Waals surface area contributed by atoms with Crippen molar-refractivity contribution in [2.24, 2.45) is 5.41 Å². The highest BCUT2D eigenvalue weighted by molar-refractivity contribution is 5.85. The molecule has 1 aromatic rings. The molecular weight excluding hydrogens is 260 g/mol. The van der Waals surface area contributed by atoms with Gasteiger partial charge in [0, 0.05) is 6.04 Å². The van der Waals surface area contributed by atoms with Gasteiger partial charge in [-0.2, -0.15) is 0 Å². The summed E-state index contributed by atoms with van der Waals surface area (Å²) in [5.74, 6) is 0.276. The molecule has 2 fully saturated rings. The van der Waals surface area contributed by atoms with Crippen LogP contribution in [0.3, 0.4) is 0 Å². The molecule has 0 bridgehead atoms. The van der Waals surface area contributed by atoms with E-state index < -0.39 is 0 Å². The van der Waals surface area contributed by atoms with E-state index in [1.165, 1.54) is 16.7 Å². The van der Waals surface area contributed by atoms with Gasteiger partial charge in [-0.3, -0.25) is 10.1 Å². The van der Waals surface area contributed by atoms with Crippen LogP contribution in [0.15, 0.2) is 18.2 Å². The molecule has 2 aliphatic rings. The molecule has 3 nitrogen and oxygen atoms in total. The van der Waals surface area contributed by atoms with Gasteiger partial charge in [-0.25, -0.2) is 0 Å². The number of hydrogen-bond acceptors (Lipinski definition) is 2. The summed E-state index contributed by atoms with van der Waals surface area (Å²) >= 11 is 0. The van der Waals surface area contributed by atoms with Gasteiger partial charge in [0.15, 0.2) is 0 Å². The average Bonchev–Trinajstić information content (AvgIpc) is 2.89. The summed E-state index contributed by atoms with van der Waals surface area (Å²) in [5, 5.41) is 3.55. The molecule has 0 spiro atoms. The second kappa shape index (κ2) is 4.84. The number of carbonyl (C=O) groups is 1. The van der Waals surface area contributed by atoms with E-state index in [9.17, 15) is 4.79 Å². The molecule has 1 saturated carbocycles. The van der Waals surface area contributed by atoms with Gasteiger partial charge in [0.25, 0.3) is 0 Å². The predicted molar refractivity (Wildman–Crippen MR) is 84.9 cm³/mol. The smallest absolute Gasteiger partial charge is 0.241 e. The first kappa shape index (κ1) is 14.6.